The second-order valence-corrected chi connectivity index (χ2v) is 9.45. The fourth-order valence-corrected chi connectivity index (χ4v) is 5.50. The number of hydrogen-bond donors (Lipinski definition) is 1. The number of rotatable bonds is 6. The van der Waals surface area contributed by atoms with Crippen LogP contribution in [0.15, 0.2) is 46.1 Å². The van der Waals surface area contributed by atoms with Crippen LogP contribution in [0.2, 0.25) is 0 Å². The summed E-state index contributed by atoms with van der Waals surface area (Å²) in [6.45, 7) is 4.24. The van der Waals surface area contributed by atoms with Crippen molar-refractivity contribution >= 4 is 21.9 Å². The third-order valence-corrected chi connectivity index (χ3v) is 7.49. The fraction of sp³-hybridized carbons (Fsp3) is 0.400. The van der Waals surface area contributed by atoms with Crippen molar-refractivity contribution in [1.82, 2.24) is 24.2 Å². The van der Waals surface area contributed by atoms with Gasteiger partial charge in [-0.3, -0.25) is 10.1 Å². The van der Waals surface area contributed by atoms with Gasteiger partial charge in [0.05, 0.1) is 6.54 Å². The molecule has 31 heavy (non-hydrogen) atoms. The van der Waals surface area contributed by atoms with E-state index in [2.05, 4.69) is 20.6 Å². The number of nitrogens with zero attached hydrogens (tertiary/aromatic N) is 5. The van der Waals surface area contributed by atoms with Crippen molar-refractivity contribution in [3.63, 3.8) is 0 Å². The molecule has 1 aliphatic heterocycles. The Balaban J connectivity index is 1.34. The Morgan fingerprint density at radius 1 is 1.19 bits per heavy atom. The summed E-state index contributed by atoms with van der Waals surface area (Å²) in [5.41, 5.74) is 1.42. The Kier molecular flexibility index (Phi) is 5.88. The minimum atomic E-state index is -3.70. The van der Waals surface area contributed by atoms with E-state index in [1.165, 1.54) is 4.31 Å². The maximum absolute atomic E-state index is 12.9. The number of piperidine rings is 1. The van der Waals surface area contributed by atoms with Crippen molar-refractivity contribution in [3.8, 4) is 0 Å². The van der Waals surface area contributed by atoms with Gasteiger partial charge in [0.1, 0.15) is 16.9 Å². The molecule has 3 aromatic rings. The van der Waals surface area contributed by atoms with E-state index in [0.29, 0.717) is 25.1 Å². The second-order valence-electron chi connectivity index (χ2n) is 7.57. The molecule has 0 atom stereocenters. The maximum atomic E-state index is 12.9. The van der Waals surface area contributed by atoms with Crippen molar-refractivity contribution < 1.29 is 17.7 Å². The van der Waals surface area contributed by atoms with Gasteiger partial charge in [-0.25, -0.2) is 18.1 Å². The quantitative estimate of drug-likeness (QED) is 0.616. The van der Waals surface area contributed by atoms with E-state index in [1.807, 2.05) is 30.3 Å². The monoisotopic (exact) mass is 444 g/mol. The number of aromatic nitrogens is 4. The minimum absolute atomic E-state index is 0.114. The Morgan fingerprint density at radius 2 is 1.90 bits per heavy atom. The molecule has 0 aliphatic carbocycles. The van der Waals surface area contributed by atoms with Crippen LogP contribution in [0.3, 0.4) is 0 Å². The molecule has 1 N–H and O–H groups in total. The van der Waals surface area contributed by atoms with Crippen LogP contribution in [0.4, 0.5) is 5.95 Å². The van der Waals surface area contributed by atoms with Gasteiger partial charge in [-0.05, 0) is 32.3 Å². The SMILES string of the molecule is Cc1noc(C)c1S(=O)(=O)N1CCC(C(=O)Nc2ncn(Cc3ccccc3)n2)CC1. The zero-order chi connectivity index (χ0) is 22.0. The number of aryl methyl sites for hydroxylation is 2. The van der Waals surface area contributed by atoms with Gasteiger partial charge in [0.2, 0.25) is 21.9 Å². The summed E-state index contributed by atoms with van der Waals surface area (Å²) in [6, 6.07) is 9.83. The van der Waals surface area contributed by atoms with E-state index in [0.717, 1.165) is 5.56 Å². The van der Waals surface area contributed by atoms with Gasteiger partial charge < -0.3 is 4.52 Å². The highest BCUT2D eigenvalue weighted by Crippen LogP contribution is 2.28. The molecule has 10 nitrogen and oxygen atoms in total. The number of nitrogens with one attached hydrogen (secondary N) is 1. The smallest absolute Gasteiger partial charge is 0.248 e. The van der Waals surface area contributed by atoms with E-state index < -0.39 is 10.0 Å². The van der Waals surface area contributed by atoms with Crippen molar-refractivity contribution in [2.75, 3.05) is 18.4 Å². The Bertz CT molecular complexity index is 1140. The molecule has 0 saturated carbocycles. The highest BCUT2D eigenvalue weighted by atomic mass is 32.2. The van der Waals surface area contributed by atoms with Crippen LogP contribution < -0.4 is 5.32 Å². The lowest BCUT2D eigenvalue weighted by molar-refractivity contribution is -0.121. The Labute approximate surface area is 180 Å². The summed E-state index contributed by atoms with van der Waals surface area (Å²) in [5, 5.41) is 10.8. The molecule has 0 spiro atoms. The first-order valence-corrected chi connectivity index (χ1v) is 11.5. The van der Waals surface area contributed by atoms with Crippen LogP contribution in [0.1, 0.15) is 29.9 Å². The lowest BCUT2D eigenvalue weighted by atomic mass is 9.97. The standard InChI is InChI=1S/C20H24N6O4S/c1-14-18(15(2)30-24-14)31(28,29)26-10-8-17(9-11-26)19(27)22-20-21-13-25(23-20)12-16-6-4-3-5-7-16/h3-7,13,17H,8-12H2,1-2H3,(H,22,23,27). The number of carbonyl (C=O) groups excluding carboxylic acids is 1. The van der Waals surface area contributed by atoms with Crippen LogP contribution in [-0.4, -0.2) is 51.6 Å². The highest BCUT2D eigenvalue weighted by molar-refractivity contribution is 7.89. The molecule has 4 rings (SSSR count). The lowest BCUT2D eigenvalue weighted by Gasteiger charge is -2.30. The Hall–Kier alpha value is -3.05. The molecular weight excluding hydrogens is 420 g/mol. The third-order valence-electron chi connectivity index (χ3n) is 5.35. The van der Waals surface area contributed by atoms with Gasteiger partial charge in [0.15, 0.2) is 5.76 Å². The van der Waals surface area contributed by atoms with Crippen LogP contribution in [0, 0.1) is 19.8 Å². The number of carbonyl (C=O) groups is 1. The highest BCUT2D eigenvalue weighted by Gasteiger charge is 2.35. The summed E-state index contributed by atoms with van der Waals surface area (Å²) in [5.74, 6) is 0.00488. The Morgan fingerprint density at radius 3 is 2.55 bits per heavy atom. The van der Waals surface area contributed by atoms with Crippen LogP contribution in [0.5, 0.6) is 0 Å². The fourth-order valence-electron chi connectivity index (χ4n) is 3.74. The molecule has 11 heteroatoms. The molecule has 0 bridgehead atoms. The molecular formula is C20H24N6O4S. The van der Waals surface area contributed by atoms with Crippen LogP contribution in [0.25, 0.3) is 0 Å². The first kappa shape index (κ1) is 21.2. The zero-order valence-electron chi connectivity index (χ0n) is 17.4. The molecule has 164 valence electrons. The largest absolute Gasteiger partial charge is 0.360 e. The normalized spacial score (nSPS) is 15.8. The van der Waals surface area contributed by atoms with Gasteiger partial charge in [-0.2, -0.15) is 4.31 Å². The molecule has 1 saturated heterocycles. The van der Waals surface area contributed by atoms with Gasteiger partial charge in [-0.1, -0.05) is 35.5 Å². The lowest BCUT2D eigenvalue weighted by Crippen LogP contribution is -2.41. The molecule has 0 unspecified atom stereocenters. The zero-order valence-corrected chi connectivity index (χ0v) is 18.2. The summed E-state index contributed by atoms with van der Waals surface area (Å²) in [6.07, 6.45) is 2.40. The van der Waals surface area contributed by atoms with E-state index in [-0.39, 0.29) is 41.5 Å². The van der Waals surface area contributed by atoms with Gasteiger partial charge >= 0.3 is 0 Å². The molecule has 1 fully saturated rings. The minimum Gasteiger partial charge on any atom is -0.360 e. The first-order valence-electron chi connectivity index (χ1n) is 10.0. The topological polar surface area (TPSA) is 123 Å². The van der Waals surface area contributed by atoms with E-state index in [4.69, 9.17) is 4.52 Å². The third kappa shape index (κ3) is 4.52. The van der Waals surface area contributed by atoms with Crippen molar-refractivity contribution in [1.29, 1.82) is 0 Å². The average Bonchev–Trinajstić information content (AvgIpc) is 3.34. The summed E-state index contributed by atoms with van der Waals surface area (Å²) in [4.78, 5) is 16.9. The molecule has 3 heterocycles. The predicted octanol–water partition coefficient (Wildman–Crippen LogP) is 1.97. The number of sulfonamides is 1. The number of benzene rings is 1. The van der Waals surface area contributed by atoms with Crippen molar-refractivity contribution in [2.45, 2.75) is 38.1 Å². The van der Waals surface area contributed by atoms with Crippen molar-refractivity contribution in [3.05, 3.63) is 53.7 Å². The molecule has 1 aliphatic rings. The van der Waals surface area contributed by atoms with Gasteiger partial charge in [0.25, 0.3) is 0 Å². The summed E-state index contributed by atoms with van der Waals surface area (Å²) >= 11 is 0. The molecule has 1 aromatic carbocycles. The van der Waals surface area contributed by atoms with E-state index in [1.54, 1.807) is 24.9 Å². The van der Waals surface area contributed by atoms with Crippen LogP contribution in [-0.2, 0) is 21.4 Å². The van der Waals surface area contributed by atoms with Crippen molar-refractivity contribution in [2.24, 2.45) is 5.92 Å². The molecule has 2 aromatic heterocycles. The number of hydrogen-bond acceptors (Lipinski definition) is 7. The molecule has 0 radical (unpaired) electrons. The summed E-state index contributed by atoms with van der Waals surface area (Å²) in [7, 11) is -3.70. The van der Waals surface area contributed by atoms with E-state index in [9.17, 15) is 13.2 Å². The maximum Gasteiger partial charge on any atom is 0.248 e. The van der Waals surface area contributed by atoms with Gasteiger partial charge in [-0.15, -0.1) is 5.10 Å². The van der Waals surface area contributed by atoms with E-state index >= 15 is 0 Å². The first-order chi connectivity index (χ1) is 14.8. The number of amides is 1. The van der Waals surface area contributed by atoms with Crippen LogP contribution >= 0.6 is 0 Å². The van der Waals surface area contributed by atoms with Gasteiger partial charge in [0, 0.05) is 19.0 Å². The predicted molar refractivity (Wildman–Crippen MR) is 112 cm³/mol. The number of anilines is 1. The average molecular weight is 445 g/mol. The second kappa shape index (κ2) is 8.60. The summed E-state index contributed by atoms with van der Waals surface area (Å²) < 4.78 is 33.9. The molecule has 1 amide bonds.